The quantitative estimate of drug-likeness (QED) is 0.439. The van der Waals surface area contributed by atoms with Gasteiger partial charge in [-0.1, -0.05) is 0 Å². The summed E-state index contributed by atoms with van der Waals surface area (Å²) in [4.78, 5) is 0. The molecule has 3 heterocycles. The molecule has 4 nitrogen and oxygen atoms in total. The zero-order valence-electron chi connectivity index (χ0n) is 7.82. The van der Waals surface area contributed by atoms with E-state index in [-0.39, 0.29) is 4.76 Å². The molecule has 0 radical (unpaired) electrons. The Hall–Kier alpha value is -0.160. The minimum absolute atomic E-state index is 0.0511. The summed E-state index contributed by atoms with van der Waals surface area (Å²) < 4.78 is 5.45. The predicted octanol–water partition coefficient (Wildman–Crippen LogP) is 0.483. The van der Waals surface area contributed by atoms with Crippen LogP contribution in [0.5, 0.6) is 0 Å². The van der Waals surface area contributed by atoms with Crippen molar-refractivity contribution < 1.29 is 9.49 Å². The van der Waals surface area contributed by atoms with Gasteiger partial charge in [-0.25, -0.2) is 0 Å². The van der Waals surface area contributed by atoms with E-state index in [2.05, 4.69) is 5.01 Å². The van der Waals surface area contributed by atoms with Crippen LogP contribution in [-0.2, 0) is 4.74 Å². The van der Waals surface area contributed by atoms with Gasteiger partial charge in [0.15, 0.2) is 0 Å². The van der Waals surface area contributed by atoms with Crippen molar-refractivity contribution in [2.24, 2.45) is 0 Å². The normalized spacial score (nSPS) is 43.2. The lowest BCUT2D eigenvalue weighted by Gasteiger charge is -2.48. The molecule has 0 spiro atoms. The Bertz CT molecular complexity index is 216. The highest BCUT2D eigenvalue weighted by atomic mass is 16.6. The van der Waals surface area contributed by atoms with Gasteiger partial charge in [0.25, 0.3) is 0 Å². The van der Waals surface area contributed by atoms with Gasteiger partial charge in [0, 0.05) is 12.8 Å². The van der Waals surface area contributed by atoms with Crippen LogP contribution in [0, 0.1) is 5.21 Å². The minimum atomic E-state index is -0.0511. The molecule has 0 N–H and O–H groups in total. The molecule has 0 aromatic carbocycles. The molecule has 2 bridgehead atoms. The van der Waals surface area contributed by atoms with Crippen molar-refractivity contribution in [3.63, 3.8) is 0 Å². The lowest BCUT2D eigenvalue weighted by molar-refractivity contribution is -0.987. The van der Waals surface area contributed by atoms with Crippen LogP contribution in [0.25, 0.3) is 0 Å². The van der Waals surface area contributed by atoms with Crippen molar-refractivity contribution in [1.82, 2.24) is 5.01 Å². The van der Waals surface area contributed by atoms with Crippen LogP contribution >= 0.6 is 0 Å². The Balaban J connectivity index is 1.78. The van der Waals surface area contributed by atoms with Gasteiger partial charge in [0.05, 0.1) is 38.4 Å². The van der Waals surface area contributed by atoms with Gasteiger partial charge in [-0.15, -0.1) is 5.01 Å². The average Bonchev–Trinajstić information content (AvgIpc) is 2.77. The molecule has 4 heteroatoms. The third-order valence-electron chi connectivity index (χ3n) is 3.60. The van der Waals surface area contributed by atoms with Gasteiger partial charge >= 0.3 is 0 Å². The summed E-state index contributed by atoms with van der Waals surface area (Å²) in [5, 5.41) is 14.4. The molecule has 0 aromatic heterocycles. The molecule has 3 aliphatic rings. The van der Waals surface area contributed by atoms with E-state index in [4.69, 9.17) is 4.74 Å². The van der Waals surface area contributed by atoms with E-state index in [1.165, 1.54) is 0 Å². The Morgan fingerprint density at radius 2 is 2.08 bits per heavy atom. The first-order valence-electron chi connectivity index (χ1n) is 5.25. The van der Waals surface area contributed by atoms with Gasteiger partial charge in [0.1, 0.15) is 0 Å². The highest BCUT2D eigenvalue weighted by molar-refractivity contribution is 4.88. The smallest absolute Gasteiger partial charge is 0.0964 e. The molecule has 2 unspecified atom stereocenters. The maximum Gasteiger partial charge on any atom is 0.0964 e. The first kappa shape index (κ1) is 8.17. The van der Waals surface area contributed by atoms with E-state index in [1.54, 1.807) is 0 Å². The predicted molar refractivity (Wildman–Crippen MR) is 47.4 cm³/mol. The molecule has 2 atom stereocenters. The Labute approximate surface area is 78.2 Å². The molecule has 3 fully saturated rings. The third kappa shape index (κ3) is 1.13. The summed E-state index contributed by atoms with van der Waals surface area (Å²) in [5.41, 5.74) is 0. The van der Waals surface area contributed by atoms with Crippen molar-refractivity contribution in [3.8, 4) is 0 Å². The van der Waals surface area contributed by atoms with Gasteiger partial charge in [0.2, 0.25) is 0 Å². The number of hydroxylamine groups is 2. The Morgan fingerprint density at radius 1 is 1.31 bits per heavy atom. The molecule has 0 saturated carbocycles. The van der Waals surface area contributed by atoms with Crippen LogP contribution < -0.4 is 0 Å². The standard InChI is InChI=1S/C9H16N2O2/c12-11(3-1-2-4-11)10-6-9-5-8(10)7-13-9/h8-9H,1-7H2. The van der Waals surface area contributed by atoms with Crippen LogP contribution in [0.4, 0.5) is 0 Å². The summed E-state index contributed by atoms with van der Waals surface area (Å²) in [6, 6.07) is 0.417. The molecule has 13 heavy (non-hydrogen) atoms. The van der Waals surface area contributed by atoms with Crippen LogP contribution in [0.3, 0.4) is 0 Å². The second-order valence-corrected chi connectivity index (χ2v) is 4.47. The summed E-state index contributed by atoms with van der Waals surface area (Å²) in [6.07, 6.45) is 3.63. The van der Waals surface area contributed by atoms with E-state index in [9.17, 15) is 5.21 Å². The first-order valence-corrected chi connectivity index (χ1v) is 5.25. The van der Waals surface area contributed by atoms with Crippen LogP contribution in [0.15, 0.2) is 0 Å². The summed E-state index contributed by atoms with van der Waals surface area (Å²) in [7, 11) is 0. The molecule has 3 saturated heterocycles. The fourth-order valence-corrected chi connectivity index (χ4v) is 2.91. The lowest BCUT2D eigenvalue weighted by Crippen LogP contribution is -2.58. The van der Waals surface area contributed by atoms with Crippen molar-refractivity contribution in [3.05, 3.63) is 5.21 Å². The topological polar surface area (TPSA) is 35.5 Å². The van der Waals surface area contributed by atoms with E-state index in [1.807, 2.05) is 0 Å². The van der Waals surface area contributed by atoms with Crippen molar-refractivity contribution in [2.75, 3.05) is 26.2 Å². The Morgan fingerprint density at radius 3 is 2.62 bits per heavy atom. The molecule has 74 valence electrons. The zero-order chi connectivity index (χ0) is 8.89. The van der Waals surface area contributed by atoms with Gasteiger partial charge in [-0.3, -0.25) is 4.76 Å². The SMILES string of the molecule is [O-][N+]1(N2CC3CC2CO3)CCCC1. The number of nitrogens with zero attached hydrogens (tertiary/aromatic N) is 2. The van der Waals surface area contributed by atoms with Crippen LogP contribution in [0.1, 0.15) is 19.3 Å². The molecule has 3 rings (SSSR count). The molecular weight excluding hydrogens is 168 g/mol. The summed E-state index contributed by atoms with van der Waals surface area (Å²) in [6.45, 7) is 3.24. The number of ether oxygens (including phenoxy) is 1. The molecule has 0 amide bonds. The van der Waals surface area contributed by atoms with Crippen molar-refractivity contribution in [1.29, 1.82) is 0 Å². The van der Waals surface area contributed by atoms with E-state index in [0.717, 1.165) is 45.5 Å². The second kappa shape index (κ2) is 2.67. The fourth-order valence-electron chi connectivity index (χ4n) is 2.91. The molecule has 3 aliphatic heterocycles. The minimum Gasteiger partial charge on any atom is -0.611 e. The third-order valence-corrected chi connectivity index (χ3v) is 3.60. The molecular formula is C9H16N2O2. The number of fused-ring (bicyclic) bond motifs is 2. The van der Waals surface area contributed by atoms with E-state index in [0.29, 0.717) is 12.1 Å². The maximum absolute atomic E-state index is 12.3. The van der Waals surface area contributed by atoms with Gasteiger partial charge in [-0.2, -0.15) is 0 Å². The largest absolute Gasteiger partial charge is 0.611 e. The van der Waals surface area contributed by atoms with E-state index >= 15 is 0 Å². The van der Waals surface area contributed by atoms with Gasteiger partial charge < -0.3 is 9.94 Å². The van der Waals surface area contributed by atoms with Crippen molar-refractivity contribution in [2.45, 2.75) is 31.4 Å². The number of hydrogen-bond donors (Lipinski definition) is 0. The first-order chi connectivity index (χ1) is 6.28. The van der Waals surface area contributed by atoms with E-state index < -0.39 is 0 Å². The average molecular weight is 184 g/mol. The number of rotatable bonds is 1. The van der Waals surface area contributed by atoms with Crippen LogP contribution in [0.2, 0.25) is 0 Å². The summed E-state index contributed by atoms with van der Waals surface area (Å²) in [5.74, 6) is 0. The number of quaternary nitrogens is 1. The monoisotopic (exact) mass is 184 g/mol. The molecule has 0 aliphatic carbocycles. The van der Waals surface area contributed by atoms with Crippen molar-refractivity contribution >= 4 is 0 Å². The lowest BCUT2D eigenvalue weighted by atomic mass is 10.2. The highest BCUT2D eigenvalue weighted by Crippen LogP contribution is 2.34. The number of hydrogen-bond acceptors (Lipinski definition) is 3. The fraction of sp³-hybridized carbons (Fsp3) is 1.00. The number of morpholine rings is 1. The maximum atomic E-state index is 12.3. The molecule has 0 aromatic rings. The second-order valence-electron chi connectivity index (χ2n) is 4.47. The summed E-state index contributed by atoms with van der Waals surface area (Å²) >= 11 is 0. The Kier molecular flexibility index (Phi) is 1.68. The zero-order valence-corrected chi connectivity index (χ0v) is 7.82. The van der Waals surface area contributed by atoms with Crippen LogP contribution in [-0.4, -0.2) is 48.2 Å². The van der Waals surface area contributed by atoms with Gasteiger partial charge in [-0.05, 0) is 6.42 Å². The highest BCUT2D eigenvalue weighted by Gasteiger charge is 2.47.